The zero-order chi connectivity index (χ0) is 25.4. The summed E-state index contributed by atoms with van der Waals surface area (Å²) in [5.41, 5.74) is 4.43. The number of aryl methyl sites for hydroxylation is 2. The molecule has 0 unspecified atom stereocenters. The van der Waals surface area contributed by atoms with Crippen LogP contribution in [0.15, 0.2) is 36.4 Å². The van der Waals surface area contributed by atoms with E-state index in [2.05, 4.69) is 37.4 Å². The third kappa shape index (κ3) is 8.44. The van der Waals surface area contributed by atoms with Crippen LogP contribution in [0.4, 0.5) is 0 Å². The molecule has 4 nitrogen and oxygen atoms in total. The molecule has 0 radical (unpaired) electrons. The summed E-state index contributed by atoms with van der Waals surface area (Å²) in [5.74, 6) is 0.911. The Kier molecular flexibility index (Phi) is 10.8. The van der Waals surface area contributed by atoms with Crippen LogP contribution < -0.4 is 5.32 Å². The Labute approximate surface area is 224 Å². The molecule has 190 valence electrons. The van der Waals surface area contributed by atoms with E-state index >= 15 is 0 Å². The largest absolute Gasteiger partial charge is 0.352 e. The number of benzene rings is 2. The van der Waals surface area contributed by atoms with Crippen molar-refractivity contribution in [3.8, 4) is 0 Å². The van der Waals surface area contributed by atoms with E-state index in [-0.39, 0.29) is 24.4 Å². The maximum atomic E-state index is 13.5. The number of thioether (sulfide) groups is 1. The molecule has 35 heavy (non-hydrogen) atoms. The average Bonchev–Trinajstić information content (AvgIpc) is 2.80. The molecule has 0 spiro atoms. The van der Waals surface area contributed by atoms with Crippen molar-refractivity contribution >= 4 is 46.8 Å². The van der Waals surface area contributed by atoms with Gasteiger partial charge in [0, 0.05) is 28.4 Å². The third-order valence-electron chi connectivity index (χ3n) is 6.47. The second-order valence-electron chi connectivity index (χ2n) is 9.51. The van der Waals surface area contributed by atoms with Crippen LogP contribution in [0.3, 0.4) is 0 Å². The summed E-state index contributed by atoms with van der Waals surface area (Å²) in [5, 5.41) is 4.26. The highest BCUT2D eigenvalue weighted by atomic mass is 35.5. The van der Waals surface area contributed by atoms with E-state index in [4.69, 9.17) is 23.2 Å². The Bertz CT molecular complexity index is 1000. The van der Waals surface area contributed by atoms with Crippen molar-refractivity contribution in [3.63, 3.8) is 0 Å². The van der Waals surface area contributed by atoms with Crippen molar-refractivity contribution in [2.45, 2.75) is 83.7 Å². The van der Waals surface area contributed by atoms with Gasteiger partial charge < -0.3 is 10.2 Å². The number of nitrogens with zero attached hydrogens (tertiary/aromatic N) is 1. The van der Waals surface area contributed by atoms with Crippen LogP contribution in [0.2, 0.25) is 10.0 Å². The van der Waals surface area contributed by atoms with Gasteiger partial charge in [0.15, 0.2) is 0 Å². The van der Waals surface area contributed by atoms with Gasteiger partial charge in [-0.05, 0) is 56.4 Å². The Morgan fingerprint density at radius 3 is 2.37 bits per heavy atom. The highest BCUT2D eigenvalue weighted by Gasteiger charge is 2.30. The number of hydrogen-bond donors (Lipinski definition) is 1. The molecule has 1 fully saturated rings. The lowest BCUT2D eigenvalue weighted by Crippen LogP contribution is -2.52. The first kappa shape index (κ1) is 27.9. The van der Waals surface area contributed by atoms with Gasteiger partial charge in [-0.2, -0.15) is 0 Å². The van der Waals surface area contributed by atoms with Gasteiger partial charge in [0.25, 0.3) is 0 Å². The van der Waals surface area contributed by atoms with Crippen molar-refractivity contribution in [2.24, 2.45) is 0 Å². The smallest absolute Gasteiger partial charge is 0.243 e. The van der Waals surface area contributed by atoms with Gasteiger partial charge in [-0.25, -0.2) is 0 Å². The quantitative estimate of drug-likeness (QED) is 0.353. The van der Waals surface area contributed by atoms with E-state index in [1.165, 1.54) is 23.1 Å². The molecule has 1 aliphatic carbocycles. The highest BCUT2D eigenvalue weighted by molar-refractivity contribution is 7.99. The number of halogens is 2. The molecule has 2 amide bonds. The molecule has 0 saturated heterocycles. The molecule has 0 bridgehead atoms. The summed E-state index contributed by atoms with van der Waals surface area (Å²) >= 11 is 14.1. The van der Waals surface area contributed by atoms with E-state index in [0.29, 0.717) is 22.2 Å². The molecular weight excluding hydrogens is 499 g/mol. The second-order valence-corrected chi connectivity index (χ2v) is 11.3. The standard InChI is InChI=1S/C28H36Cl2N2O2S/c1-4-26(28(34)31-24-8-6-5-7-9-24)32(16-22-10-11-23(29)15-25(22)30)27(33)18-35-17-21-13-19(2)12-20(3)14-21/h10-15,24,26H,4-9,16-18H2,1-3H3,(H,31,34)/t26-/m1/s1. The first-order valence-electron chi connectivity index (χ1n) is 12.5. The molecule has 1 N–H and O–H groups in total. The molecule has 0 heterocycles. The number of hydrogen-bond acceptors (Lipinski definition) is 3. The lowest BCUT2D eigenvalue weighted by Gasteiger charge is -2.33. The number of rotatable bonds is 10. The fourth-order valence-corrected chi connectivity index (χ4v) is 6.10. The van der Waals surface area contributed by atoms with Crippen LogP contribution in [0.25, 0.3) is 0 Å². The topological polar surface area (TPSA) is 49.4 Å². The molecule has 1 saturated carbocycles. The lowest BCUT2D eigenvalue weighted by molar-refractivity contribution is -0.139. The fourth-order valence-electron chi connectivity index (χ4n) is 4.79. The van der Waals surface area contributed by atoms with Gasteiger partial charge in [0.2, 0.25) is 11.8 Å². The Morgan fingerprint density at radius 1 is 1.06 bits per heavy atom. The Balaban J connectivity index is 1.74. The number of amides is 2. The van der Waals surface area contributed by atoms with Gasteiger partial charge in [-0.15, -0.1) is 11.8 Å². The van der Waals surface area contributed by atoms with Crippen LogP contribution in [0.5, 0.6) is 0 Å². The Morgan fingerprint density at radius 2 is 1.74 bits per heavy atom. The predicted octanol–water partition coefficient (Wildman–Crippen LogP) is 7.10. The van der Waals surface area contributed by atoms with Crippen molar-refractivity contribution in [1.29, 1.82) is 0 Å². The summed E-state index contributed by atoms with van der Waals surface area (Å²) < 4.78 is 0. The molecular formula is C28H36Cl2N2O2S. The molecule has 0 aromatic heterocycles. The summed E-state index contributed by atoms with van der Waals surface area (Å²) in [4.78, 5) is 28.5. The number of carbonyl (C=O) groups is 2. The van der Waals surface area contributed by atoms with Crippen LogP contribution in [0.1, 0.15) is 67.7 Å². The molecule has 0 aliphatic heterocycles. The lowest BCUT2D eigenvalue weighted by atomic mass is 9.95. The minimum Gasteiger partial charge on any atom is -0.352 e. The molecule has 2 aromatic rings. The van der Waals surface area contributed by atoms with E-state index < -0.39 is 6.04 Å². The zero-order valence-corrected chi connectivity index (χ0v) is 23.2. The van der Waals surface area contributed by atoms with E-state index in [1.54, 1.807) is 28.8 Å². The minimum atomic E-state index is -0.544. The van der Waals surface area contributed by atoms with Gasteiger partial charge in [-0.1, -0.05) is 84.8 Å². The van der Waals surface area contributed by atoms with Crippen LogP contribution in [-0.2, 0) is 21.9 Å². The molecule has 1 atom stereocenters. The van der Waals surface area contributed by atoms with Crippen LogP contribution >= 0.6 is 35.0 Å². The second kappa shape index (κ2) is 13.6. The number of nitrogens with one attached hydrogen (secondary N) is 1. The van der Waals surface area contributed by atoms with Crippen molar-refractivity contribution < 1.29 is 9.59 Å². The molecule has 7 heteroatoms. The van der Waals surface area contributed by atoms with Crippen molar-refractivity contribution in [3.05, 3.63) is 68.7 Å². The van der Waals surface area contributed by atoms with Gasteiger partial charge in [0.05, 0.1) is 5.75 Å². The zero-order valence-electron chi connectivity index (χ0n) is 20.9. The molecule has 2 aromatic carbocycles. The van der Waals surface area contributed by atoms with Gasteiger partial charge in [-0.3, -0.25) is 9.59 Å². The van der Waals surface area contributed by atoms with Gasteiger partial charge in [0.1, 0.15) is 6.04 Å². The summed E-state index contributed by atoms with van der Waals surface area (Å²) in [6, 6.07) is 11.4. The third-order valence-corrected chi connectivity index (χ3v) is 8.04. The summed E-state index contributed by atoms with van der Waals surface area (Å²) in [7, 11) is 0. The van der Waals surface area contributed by atoms with Crippen LogP contribution in [0, 0.1) is 13.8 Å². The normalized spacial score (nSPS) is 15.0. The van der Waals surface area contributed by atoms with Crippen LogP contribution in [-0.4, -0.2) is 34.6 Å². The monoisotopic (exact) mass is 534 g/mol. The van der Waals surface area contributed by atoms with Crippen molar-refractivity contribution in [2.75, 3.05) is 5.75 Å². The first-order chi connectivity index (χ1) is 16.8. The number of carbonyl (C=O) groups excluding carboxylic acids is 2. The van der Waals surface area contributed by atoms with Gasteiger partial charge >= 0.3 is 0 Å². The molecule has 1 aliphatic rings. The summed E-state index contributed by atoms with van der Waals surface area (Å²) in [6.07, 6.45) is 6.05. The fraction of sp³-hybridized carbons (Fsp3) is 0.500. The highest BCUT2D eigenvalue weighted by Crippen LogP contribution is 2.25. The maximum absolute atomic E-state index is 13.5. The summed E-state index contributed by atoms with van der Waals surface area (Å²) in [6.45, 7) is 6.40. The predicted molar refractivity (Wildman–Crippen MR) is 148 cm³/mol. The van der Waals surface area contributed by atoms with E-state index in [0.717, 1.165) is 37.0 Å². The average molecular weight is 536 g/mol. The Hall–Kier alpha value is -1.69. The van der Waals surface area contributed by atoms with E-state index in [1.807, 2.05) is 13.0 Å². The van der Waals surface area contributed by atoms with E-state index in [9.17, 15) is 9.59 Å². The van der Waals surface area contributed by atoms with Crippen molar-refractivity contribution in [1.82, 2.24) is 10.2 Å². The minimum absolute atomic E-state index is 0.0592. The molecule has 3 rings (SSSR count). The maximum Gasteiger partial charge on any atom is 0.243 e. The SMILES string of the molecule is CC[C@H](C(=O)NC1CCCCC1)N(Cc1ccc(Cl)cc1Cl)C(=O)CSCc1cc(C)cc(C)c1. The first-order valence-corrected chi connectivity index (χ1v) is 14.4.